The summed E-state index contributed by atoms with van der Waals surface area (Å²) in [4.78, 5) is 12.6. The minimum atomic E-state index is -3.72. The summed E-state index contributed by atoms with van der Waals surface area (Å²) in [7, 11) is -3.72. The smallest absolute Gasteiger partial charge is 0.265 e. The van der Waals surface area contributed by atoms with Crippen LogP contribution in [-0.4, -0.2) is 32.4 Å². The summed E-state index contributed by atoms with van der Waals surface area (Å²) in [5.41, 5.74) is 4.68. The van der Waals surface area contributed by atoms with Crippen molar-refractivity contribution in [2.75, 3.05) is 13.1 Å². The van der Waals surface area contributed by atoms with E-state index in [-0.39, 0.29) is 17.3 Å². The molecule has 1 aliphatic heterocycles. The minimum Gasteiger partial charge on any atom is -0.285 e. The highest BCUT2D eigenvalue weighted by atomic mass is 32.2. The number of hydrazine groups is 1. The monoisotopic (exact) mass is 387 g/mol. The predicted octanol–water partition coefficient (Wildman–Crippen LogP) is 2.60. The second-order valence-corrected chi connectivity index (χ2v) is 8.51. The van der Waals surface area contributed by atoms with Gasteiger partial charge in [-0.15, -0.1) is 0 Å². The van der Waals surface area contributed by atoms with E-state index >= 15 is 0 Å². The molecular weight excluding hydrogens is 362 g/mol. The van der Waals surface area contributed by atoms with E-state index in [0.29, 0.717) is 11.1 Å². The van der Waals surface area contributed by atoms with E-state index in [4.69, 9.17) is 0 Å². The largest absolute Gasteiger partial charge is 0.285 e. The quantitative estimate of drug-likeness (QED) is 0.799. The van der Waals surface area contributed by atoms with E-state index in [1.807, 2.05) is 35.3 Å². The molecule has 0 radical (unpaired) electrons. The minimum absolute atomic E-state index is 0.129. The van der Waals surface area contributed by atoms with Gasteiger partial charge in [-0.05, 0) is 43.0 Å². The lowest BCUT2D eigenvalue weighted by Crippen LogP contribution is -2.45. The number of amides is 1. The van der Waals surface area contributed by atoms with Crippen molar-refractivity contribution in [3.63, 3.8) is 0 Å². The molecule has 1 saturated heterocycles. The SMILES string of the molecule is Cc1ccc(C(=O)NN2CCCCC2)cc1S(=O)(=O)NCc1ccccc1. The average molecular weight is 388 g/mol. The number of nitrogens with zero attached hydrogens (tertiary/aromatic N) is 1. The number of nitrogens with one attached hydrogen (secondary N) is 2. The Balaban J connectivity index is 1.74. The molecule has 0 aromatic heterocycles. The van der Waals surface area contributed by atoms with Gasteiger partial charge in [-0.25, -0.2) is 18.1 Å². The van der Waals surface area contributed by atoms with Gasteiger partial charge < -0.3 is 0 Å². The van der Waals surface area contributed by atoms with Crippen LogP contribution in [0.3, 0.4) is 0 Å². The molecule has 27 heavy (non-hydrogen) atoms. The van der Waals surface area contributed by atoms with Crippen molar-refractivity contribution >= 4 is 15.9 Å². The third-order valence-corrected chi connectivity index (χ3v) is 6.21. The summed E-state index contributed by atoms with van der Waals surface area (Å²) >= 11 is 0. The van der Waals surface area contributed by atoms with E-state index in [1.54, 1.807) is 19.1 Å². The molecule has 3 rings (SSSR count). The molecule has 7 heteroatoms. The first-order chi connectivity index (χ1) is 13.0. The second kappa shape index (κ2) is 8.65. The normalized spacial score (nSPS) is 15.4. The first-order valence-corrected chi connectivity index (χ1v) is 10.6. The van der Waals surface area contributed by atoms with Crippen molar-refractivity contribution < 1.29 is 13.2 Å². The molecule has 6 nitrogen and oxygen atoms in total. The molecule has 1 aliphatic rings. The van der Waals surface area contributed by atoms with Gasteiger partial charge in [0.2, 0.25) is 10.0 Å². The van der Waals surface area contributed by atoms with E-state index in [9.17, 15) is 13.2 Å². The van der Waals surface area contributed by atoms with Gasteiger partial charge in [-0.2, -0.15) is 0 Å². The maximum absolute atomic E-state index is 12.7. The molecule has 0 spiro atoms. The lowest BCUT2D eigenvalue weighted by molar-refractivity contribution is 0.0750. The molecule has 0 saturated carbocycles. The van der Waals surface area contributed by atoms with Gasteiger partial charge in [0.05, 0.1) is 4.90 Å². The molecule has 1 fully saturated rings. The van der Waals surface area contributed by atoms with Crippen LogP contribution >= 0.6 is 0 Å². The van der Waals surface area contributed by atoms with Crippen LogP contribution in [0.5, 0.6) is 0 Å². The van der Waals surface area contributed by atoms with Gasteiger partial charge in [0, 0.05) is 25.2 Å². The van der Waals surface area contributed by atoms with Crippen LogP contribution in [0.1, 0.15) is 40.7 Å². The van der Waals surface area contributed by atoms with Crippen molar-refractivity contribution in [3.8, 4) is 0 Å². The van der Waals surface area contributed by atoms with E-state index < -0.39 is 10.0 Å². The summed E-state index contributed by atoms with van der Waals surface area (Å²) < 4.78 is 28.1. The zero-order chi connectivity index (χ0) is 19.3. The number of hydrogen-bond acceptors (Lipinski definition) is 4. The summed E-state index contributed by atoms with van der Waals surface area (Å²) in [6, 6.07) is 14.1. The van der Waals surface area contributed by atoms with Crippen molar-refractivity contribution in [1.82, 2.24) is 15.2 Å². The number of carbonyl (C=O) groups excluding carboxylic acids is 1. The summed E-state index contributed by atoms with van der Waals surface area (Å²) in [6.45, 7) is 3.57. The Kier molecular flexibility index (Phi) is 6.26. The van der Waals surface area contributed by atoms with Crippen LogP contribution in [0.15, 0.2) is 53.4 Å². The predicted molar refractivity (Wildman–Crippen MR) is 105 cm³/mol. The van der Waals surface area contributed by atoms with Gasteiger partial charge in [-0.3, -0.25) is 10.2 Å². The van der Waals surface area contributed by atoms with Crippen molar-refractivity contribution in [2.24, 2.45) is 0 Å². The Bertz CT molecular complexity index is 892. The average Bonchev–Trinajstić information content (AvgIpc) is 2.68. The number of carbonyl (C=O) groups is 1. The van der Waals surface area contributed by atoms with E-state index in [2.05, 4.69) is 10.1 Å². The number of aryl methyl sites for hydroxylation is 1. The van der Waals surface area contributed by atoms with Crippen molar-refractivity contribution in [3.05, 3.63) is 65.2 Å². The lowest BCUT2D eigenvalue weighted by atomic mass is 10.1. The summed E-state index contributed by atoms with van der Waals surface area (Å²) in [5, 5.41) is 1.90. The molecule has 2 N–H and O–H groups in total. The number of piperidine rings is 1. The van der Waals surface area contributed by atoms with Gasteiger partial charge in [0.25, 0.3) is 5.91 Å². The fourth-order valence-electron chi connectivity index (χ4n) is 3.10. The van der Waals surface area contributed by atoms with E-state index in [1.165, 1.54) is 12.5 Å². The van der Waals surface area contributed by atoms with Crippen LogP contribution in [0, 0.1) is 6.92 Å². The highest BCUT2D eigenvalue weighted by Gasteiger charge is 2.20. The number of benzene rings is 2. The molecule has 0 unspecified atom stereocenters. The van der Waals surface area contributed by atoms with Crippen molar-refractivity contribution in [2.45, 2.75) is 37.6 Å². The molecule has 1 heterocycles. The fraction of sp³-hybridized carbons (Fsp3) is 0.350. The van der Waals surface area contributed by atoms with Gasteiger partial charge in [0.15, 0.2) is 0 Å². The van der Waals surface area contributed by atoms with E-state index in [0.717, 1.165) is 31.5 Å². The molecule has 1 amide bonds. The molecule has 2 aromatic carbocycles. The summed E-state index contributed by atoms with van der Waals surface area (Å²) in [6.07, 6.45) is 3.28. The first kappa shape index (κ1) is 19.5. The molecule has 0 bridgehead atoms. The second-order valence-electron chi connectivity index (χ2n) is 6.78. The topological polar surface area (TPSA) is 78.5 Å². The standard InChI is InChI=1S/C20H25N3O3S/c1-16-10-11-18(20(24)22-23-12-6-3-7-13-23)14-19(16)27(25,26)21-15-17-8-4-2-5-9-17/h2,4-5,8-11,14,21H,3,6-7,12-13,15H2,1H3,(H,22,24). The Hall–Kier alpha value is -2.22. The van der Waals surface area contributed by atoms with Crippen LogP contribution in [0.4, 0.5) is 0 Å². The molecule has 2 aromatic rings. The van der Waals surface area contributed by atoms with Crippen LogP contribution in [0.2, 0.25) is 0 Å². The zero-order valence-corrected chi connectivity index (χ0v) is 16.3. The molecule has 0 aliphatic carbocycles. The van der Waals surface area contributed by atoms with Crippen LogP contribution in [-0.2, 0) is 16.6 Å². The Morgan fingerprint density at radius 1 is 1.04 bits per heavy atom. The highest BCUT2D eigenvalue weighted by molar-refractivity contribution is 7.89. The van der Waals surface area contributed by atoms with Gasteiger partial charge >= 0.3 is 0 Å². The zero-order valence-electron chi connectivity index (χ0n) is 15.4. The number of sulfonamides is 1. The van der Waals surface area contributed by atoms with Gasteiger partial charge in [0.1, 0.15) is 0 Å². The Labute approximate surface area is 160 Å². The molecular formula is C20H25N3O3S. The fourth-order valence-corrected chi connectivity index (χ4v) is 4.38. The van der Waals surface area contributed by atoms with Crippen LogP contribution in [0.25, 0.3) is 0 Å². The number of hydrogen-bond donors (Lipinski definition) is 2. The lowest BCUT2D eigenvalue weighted by Gasteiger charge is -2.26. The van der Waals surface area contributed by atoms with Crippen molar-refractivity contribution in [1.29, 1.82) is 0 Å². The van der Waals surface area contributed by atoms with Crippen LogP contribution < -0.4 is 10.1 Å². The Morgan fingerprint density at radius 2 is 1.74 bits per heavy atom. The number of rotatable bonds is 6. The highest BCUT2D eigenvalue weighted by Crippen LogP contribution is 2.18. The maximum atomic E-state index is 12.7. The first-order valence-electron chi connectivity index (χ1n) is 9.16. The summed E-state index contributed by atoms with van der Waals surface area (Å²) in [5.74, 6) is -0.281. The third kappa shape index (κ3) is 5.15. The van der Waals surface area contributed by atoms with Gasteiger partial charge in [-0.1, -0.05) is 42.8 Å². The molecule has 0 atom stereocenters. The third-order valence-electron chi connectivity index (χ3n) is 4.66. The Morgan fingerprint density at radius 3 is 2.44 bits per heavy atom. The molecule has 144 valence electrons. The maximum Gasteiger partial charge on any atom is 0.265 e.